The highest BCUT2D eigenvalue weighted by atomic mass is 19.1. The number of carboxylic acids is 1. The third-order valence-electron chi connectivity index (χ3n) is 3.21. The summed E-state index contributed by atoms with van der Waals surface area (Å²) in [6.45, 7) is 1.71. The molecule has 0 amide bonds. The molecule has 0 radical (unpaired) electrons. The topological polar surface area (TPSA) is 40.5 Å². The molecule has 1 aromatic rings. The van der Waals surface area contributed by atoms with Crippen molar-refractivity contribution < 1.29 is 14.3 Å². The molecule has 1 aliphatic heterocycles. The van der Waals surface area contributed by atoms with Gasteiger partial charge in [0.1, 0.15) is 5.82 Å². The van der Waals surface area contributed by atoms with Crippen molar-refractivity contribution >= 4 is 5.97 Å². The molecule has 1 N–H and O–H groups in total. The molecule has 1 heterocycles. The maximum Gasteiger partial charge on any atom is 0.305 e. The van der Waals surface area contributed by atoms with E-state index in [1.54, 1.807) is 18.2 Å². The van der Waals surface area contributed by atoms with Crippen molar-refractivity contribution in [2.75, 3.05) is 13.1 Å². The fourth-order valence-corrected chi connectivity index (χ4v) is 2.40. The van der Waals surface area contributed by atoms with E-state index in [1.165, 1.54) is 6.07 Å². The number of halogens is 1. The van der Waals surface area contributed by atoms with Gasteiger partial charge in [0, 0.05) is 11.6 Å². The molecular weight excluding hydrogens is 221 g/mol. The fraction of sp³-hybridized carbons (Fsp3) is 0.462. The van der Waals surface area contributed by atoms with E-state index in [1.807, 2.05) is 0 Å². The van der Waals surface area contributed by atoms with Crippen LogP contribution in [0.2, 0.25) is 0 Å². The van der Waals surface area contributed by atoms with E-state index >= 15 is 0 Å². The van der Waals surface area contributed by atoms with E-state index < -0.39 is 5.97 Å². The van der Waals surface area contributed by atoms with Crippen LogP contribution < -0.4 is 0 Å². The van der Waals surface area contributed by atoms with Crippen molar-refractivity contribution in [3.05, 3.63) is 35.6 Å². The number of hydrogen-bond donors (Lipinski definition) is 1. The van der Waals surface area contributed by atoms with E-state index in [-0.39, 0.29) is 18.3 Å². The van der Waals surface area contributed by atoms with Gasteiger partial charge in [0.25, 0.3) is 0 Å². The molecule has 1 atom stereocenters. The van der Waals surface area contributed by atoms with Crippen LogP contribution in [0, 0.1) is 5.82 Å². The van der Waals surface area contributed by atoms with Crippen LogP contribution in [0.25, 0.3) is 0 Å². The first-order valence-electron chi connectivity index (χ1n) is 5.89. The zero-order valence-electron chi connectivity index (χ0n) is 9.60. The molecule has 1 unspecified atom stereocenters. The highest BCUT2D eigenvalue weighted by Crippen LogP contribution is 2.29. The second kappa shape index (κ2) is 5.27. The minimum atomic E-state index is -0.884. The summed E-state index contributed by atoms with van der Waals surface area (Å²) < 4.78 is 13.7. The average molecular weight is 237 g/mol. The zero-order valence-corrected chi connectivity index (χ0v) is 9.60. The molecule has 0 saturated carbocycles. The molecule has 1 aliphatic rings. The predicted octanol–water partition coefficient (Wildman–Crippen LogP) is 2.44. The minimum absolute atomic E-state index is 0.0407. The number of carbonyl (C=O) groups is 1. The van der Waals surface area contributed by atoms with Crippen LogP contribution in [-0.2, 0) is 4.79 Å². The summed E-state index contributed by atoms with van der Waals surface area (Å²) >= 11 is 0. The summed E-state index contributed by atoms with van der Waals surface area (Å²) in [5, 5.41) is 8.95. The predicted molar refractivity (Wildman–Crippen MR) is 62.2 cm³/mol. The van der Waals surface area contributed by atoms with Gasteiger partial charge in [0.2, 0.25) is 0 Å². The van der Waals surface area contributed by atoms with Crippen molar-refractivity contribution in [1.29, 1.82) is 0 Å². The van der Waals surface area contributed by atoms with Crippen LogP contribution in [0.1, 0.15) is 30.9 Å². The minimum Gasteiger partial charge on any atom is -0.481 e. The number of rotatable bonds is 4. The van der Waals surface area contributed by atoms with Gasteiger partial charge >= 0.3 is 5.97 Å². The number of likely N-dealkylation sites (tertiary alicyclic amines) is 1. The fourth-order valence-electron chi connectivity index (χ4n) is 2.40. The number of aliphatic carboxylic acids is 1. The highest BCUT2D eigenvalue weighted by molar-refractivity contribution is 5.68. The van der Waals surface area contributed by atoms with Crippen molar-refractivity contribution in [3.8, 4) is 0 Å². The maximum absolute atomic E-state index is 13.7. The first-order chi connectivity index (χ1) is 8.18. The molecule has 2 rings (SSSR count). The van der Waals surface area contributed by atoms with Gasteiger partial charge in [-0.15, -0.1) is 0 Å². The maximum atomic E-state index is 13.7. The number of nitrogens with zero attached hydrogens (tertiary/aromatic N) is 1. The lowest BCUT2D eigenvalue weighted by molar-refractivity contribution is -0.138. The molecule has 0 aromatic heterocycles. The Balaban J connectivity index is 2.25. The van der Waals surface area contributed by atoms with Gasteiger partial charge in [-0.1, -0.05) is 18.2 Å². The molecule has 1 saturated heterocycles. The lowest BCUT2D eigenvalue weighted by Gasteiger charge is -2.26. The Morgan fingerprint density at radius 3 is 2.59 bits per heavy atom. The molecule has 3 nitrogen and oxygen atoms in total. The second-order valence-electron chi connectivity index (χ2n) is 4.38. The molecule has 1 aromatic carbocycles. The van der Waals surface area contributed by atoms with Crippen molar-refractivity contribution in [2.24, 2.45) is 0 Å². The normalized spacial score (nSPS) is 18.2. The van der Waals surface area contributed by atoms with Gasteiger partial charge in [0.05, 0.1) is 6.42 Å². The Morgan fingerprint density at radius 2 is 2.00 bits per heavy atom. The van der Waals surface area contributed by atoms with Crippen LogP contribution in [0.4, 0.5) is 4.39 Å². The largest absolute Gasteiger partial charge is 0.481 e. The van der Waals surface area contributed by atoms with E-state index in [2.05, 4.69) is 4.90 Å². The smallest absolute Gasteiger partial charge is 0.305 e. The number of hydrogen-bond acceptors (Lipinski definition) is 2. The van der Waals surface area contributed by atoms with E-state index in [0.717, 1.165) is 25.9 Å². The van der Waals surface area contributed by atoms with Crippen molar-refractivity contribution in [3.63, 3.8) is 0 Å². The third kappa shape index (κ3) is 2.82. The SMILES string of the molecule is O=C(O)CC(c1ccccc1F)N1CCCC1. The van der Waals surface area contributed by atoms with Crippen molar-refractivity contribution in [2.45, 2.75) is 25.3 Å². The van der Waals surface area contributed by atoms with Crippen LogP contribution in [-0.4, -0.2) is 29.1 Å². The molecule has 4 heteroatoms. The van der Waals surface area contributed by atoms with Crippen molar-refractivity contribution in [1.82, 2.24) is 4.90 Å². The highest BCUT2D eigenvalue weighted by Gasteiger charge is 2.27. The van der Waals surface area contributed by atoms with Gasteiger partial charge in [-0.25, -0.2) is 4.39 Å². The Kier molecular flexibility index (Phi) is 3.74. The summed E-state index contributed by atoms with van der Waals surface area (Å²) in [7, 11) is 0. The number of carboxylic acid groups (broad SMARTS) is 1. The standard InChI is InChI=1S/C13H16FNO2/c14-11-6-2-1-5-10(11)12(9-13(16)17)15-7-3-4-8-15/h1-2,5-6,12H,3-4,7-9H2,(H,16,17). The summed E-state index contributed by atoms with van der Waals surface area (Å²) in [5.74, 6) is -1.20. The van der Waals surface area contributed by atoms with Gasteiger partial charge in [-0.2, -0.15) is 0 Å². The second-order valence-corrected chi connectivity index (χ2v) is 4.38. The molecular formula is C13H16FNO2. The third-order valence-corrected chi connectivity index (χ3v) is 3.21. The zero-order chi connectivity index (χ0) is 12.3. The molecule has 92 valence electrons. The lowest BCUT2D eigenvalue weighted by atomic mass is 10.0. The molecule has 17 heavy (non-hydrogen) atoms. The first kappa shape index (κ1) is 12.0. The van der Waals surface area contributed by atoms with Crippen LogP contribution >= 0.6 is 0 Å². The Hall–Kier alpha value is -1.42. The lowest BCUT2D eigenvalue weighted by Crippen LogP contribution is -2.28. The monoisotopic (exact) mass is 237 g/mol. The van der Waals surface area contributed by atoms with Gasteiger partial charge in [-0.05, 0) is 32.0 Å². The van der Waals surface area contributed by atoms with Crippen LogP contribution in [0.3, 0.4) is 0 Å². The Morgan fingerprint density at radius 1 is 1.35 bits per heavy atom. The van der Waals surface area contributed by atoms with Crippen LogP contribution in [0.15, 0.2) is 24.3 Å². The molecule has 0 spiro atoms. The van der Waals surface area contributed by atoms with Gasteiger partial charge in [0.15, 0.2) is 0 Å². The summed E-state index contributed by atoms with van der Waals surface area (Å²) in [4.78, 5) is 13.0. The van der Waals surface area contributed by atoms with E-state index in [9.17, 15) is 9.18 Å². The Labute approximate surface area is 99.9 Å². The molecule has 0 bridgehead atoms. The molecule has 0 aliphatic carbocycles. The van der Waals surface area contributed by atoms with E-state index in [4.69, 9.17) is 5.11 Å². The average Bonchev–Trinajstić information content (AvgIpc) is 2.80. The quantitative estimate of drug-likeness (QED) is 0.874. The Bertz CT molecular complexity index is 402. The molecule has 1 fully saturated rings. The summed E-state index contributed by atoms with van der Waals surface area (Å²) in [5.41, 5.74) is 0.497. The first-order valence-corrected chi connectivity index (χ1v) is 5.89. The summed E-state index contributed by atoms with van der Waals surface area (Å²) in [6, 6.07) is 6.11. The summed E-state index contributed by atoms with van der Waals surface area (Å²) in [6.07, 6.45) is 2.08. The van der Waals surface area contributed by atoms with E-state index in [0.29, 0.717) is 5.56 Å². The number of benzene rings is 1. The van der Waals surface area contributed by atoms with Gasteiger partial charge in [-0.3, -0.25) is 9.69 Å². The van der Waals surface area contributed by atoms with Gasteiger partial charge < -0.3 is 5.11 Å². The van der Waals surface area contributed by atoms with Crippen LogP contribution in [0.5, 0.6) is 0 Å².